The van der Waals surface area contributed by atoms with Crippen molar-refractivity contribution >= 4 is 22.4 Å². The van der Waals surface area contributed by atoms with Gasteiger partial charge in [-0.2, -0.15) is 0 Å². The molecule has 1 rings (SSSR count). The van der Waals surface area contributed by atoms with E-state index in [-0.39, 0.29) is 10.5 Å². The number of alkyl carbamates (subject to hydrolysis) is 1. The molecule has 0 saturated carbocycles. The Kier molecular flexibility index (Phi) is 5.90. The molecule has 0 spiro atoms. The molecule has 1 aromatic heterocycles. The van der Waals surface area contributed by atoms with Crippen LogP contribution in [0.3, 0.4) is 0 Å². The molecule has 0 fully saturated rings. The van der Waals surface area contributed by atoms with Crippen LogP contribution in [0.4, 0.5) is 9.80 Å². The molecule has 8 heteroatoms. The smallest absolute Gasteiger partial charge is 0.407 e. The highest BCUT2D eigenvalue weighted by atomic mass is 32.1. The van der Waals surface area contributed by atoms with E-state index in [2.05, 4.69) is 10.6 Å². The number of hydrogen-bond acceptors (Lipinski definition) is 6. The topological polar surface area (TPSA) is 93.5 Å². The number of carbonyl (C=O) groups is 1. The van der Waals surface area contributed by atoms with Gasteiger partial charge in [-0.15, -0.1) is 0 Å². The minimum Gasteiger partial charge on any atom is -0.444 e. The van der Waals surface area contributed by atoms with Crippen molar-refractivity contribution in [1.82, 2.24) is 10.6 Å². The van der Waals surface area contributed by atoms with E-state index in [1.807, 2.05) is 13.8 Å². The average molecular weight is 329 g/mol. The first-order valence-electron chi connectivity index (χ1n) is 6.93. The SMILES string of the molecule is CC(C)(CNC(=O)OC(C)(C)C)NCc1ccc([N+](=O)[O-])s1. The molecule has 1 heterocycles. The van der Waals surface area contributed by atoms with E-state index < -0.39 is 16.6 Å². The van der Waals surface area contributed by atoms with Crippen LogP contribution in [0.5, 0.6) is 0 Å². The van der Waals surface area contributed by atoms with Gasteiger partial charge in [0.2, 0.25) is 0 Å². The Bertz CT molecular complexity index is 534. The zero-order valence-electron chi connectivity index (χ0n) is 13.6. The highest BCUT2D eigenvalue weighted by molar-refractivity contribution is 7.15. The van der Waals surface area contributed by atoms with Gasteiger partial charge >= 0.3 is 11.1 Å². The molecule has 0 aliphatic carbocycles. The van der Waals surface area contributed by atoms with E-state index in [0.717, 1.165) is 16.2 Å². The number of thiophene rings is 1. The predicted molar refractivity (Wildman–Crippen MR) is 86.1 cm³/mol. The summed E-state index contributed by atoms with van der Waals surface area (Å²) in [5.74, 6) is 0. The van der Waals surface area contributed by atoms with Crippen molar-refractivity contribution in [2.45, 2.75) is 52.3 Å². The maximum atomic E-state index is 11.6. The lowest BCUT2D eigenvalue weighted by atomic mass is 10.1. The van der Waals surface area contributed by atoms with Crippen molar-refractivity contribution in [3.63, 3.8) is 0 Å². The molecule has 1 aromatic rings. The second-order valence-corrected chi connectivity index (χ2v) is 7.74. The van der Waals surface area contributed by atoms with Gasteiger partial charge in [0.1, 0.15) is 5.60 Å². The van der Waals surface area contributed by atoms with E-state index in [9.17, 15) is 14.9 Å². The van der Waals surface area contributed by atoms with Crippen LogP contribution in [0.2, 0.25) is 0 Å². The number of nitrogens with zero attached hydrogens (tertiary/aromatic N) is 1. The van der Waals surface area contributed by atoms with Crippen molar-refractivity contribution in [1.29, 1.82) is 0 Å². The third-order valence-corrected chi connectivity index (χ3v) is 3.68. The second kappa shape index (κ2) is 7.06. The quantitative estimate of drug-likeness (QED) is 0.618. The molecule has 7 nitrogen and oxygen atoms in total. The van der Waals surface area contributed by atoms with Gasteiger partial charge in [-0.05, 0) is 40.7 Å². The first-order chi connectivity index (χ1) is 9.98. The normalized spacial score (nSPS) is 12.0. The van der Waals surface area contributed by atoms with Crippen LogP contribution < -0.4 is 10.6 Å². The molecule has 0 saturated heterocycles. The number of nitro groups is 1. The van der Waals surface area contributed by atoms with Crippen LogP contribution in [0.25, 0.3) is 0 Å². The standard InChI is InChI=1S/C14H23N3O4S/c1-13(2,3)21-12(18)15-9-14(4,5)16-8-10-6-7-11(22-10)17(19)20/h6-7,16H,8-9H2,1-5H3,(H,15,18). The molecule has 0 atom stereocenters. The Hall–Kier alpha value is -1.67. The Labute approximate surface area is 134 Å². The van der Waals surface area contributed by atoms with Gasteiger partial charge < -0.3 is 15.4 Å². The molecule has 2 N–H and O–H groups in total. The van der Waals surface area contributed by atoms with Gasteiger partial charge in [0.25, 0.3) is 0 Å². The van der Waals surface area contributed by atoms with Gasteiger partial charge in [0.15, 0.2) is 0 Å². The van der Waals surface area contributed by atoms with Gasteiger partial charge in [-0.1, -0.05) is 11.3 Å². The van der Waals surface area contributed by atoms with Crippen LogP contribution in [-0.4, -0.2) is 28.7 Å². The molecular formula is C14H23N3O4S. The summed E-state index contributed by atoms with van der Waals surface area (Å²) in [7, 11) is 0. The van der Waals surface area contributed by atoms with Crippen molar-refractivity contribution in [2.75, 3.05) is 6.54 Å². The minimum absolute atomic E-state index is 0.126. The molecule has 0 aromatic carbocycles. The van der Waals surface area contributed by atoms with Crippen molar-refractivity contribution < 1.29 is 14.5 Å². The first kappa shape index (κ1) is 18.4. The van der Waals surface area contributed by atoms with Crippen molar-refractivity contribution in [2.24, 2.45) is 0 Å². The number of ether oxygens (including phenoxy) is 1. The second-order valence-electron chi connectivity index (χ2n) is 6.59. The summed E-state index contributed by atoms with van der Waals surface area (Å²) in [4.78, 5) is 22.7. The summed E-state index contributed by atoms with van der Waals surface area (Å²) >= 11 is 1.14. The molecule has 0 radical (unpaired) electrons. The fourth-order valence-electron chi connectivity index (χ4n) is 1.56. The zero-order chi connectivity index (χ0) is 17.0. The molecule has 1 amide bonds. The van der Waals surface area contributed by atoms with Gasteiger partial charge in [0, 0.05) is 29.6 Å². The lowest BCUT2D eigenvalue weighted by molar-refractivity contribution is -0.380. The maximum Gasteiger partial charge on any atom is 0.407 e. The number of amides is 1. The van der Waals surface area contributed by atoms with Crippen LogP contribution in [0.15, 0.2) is 12.1 Å². The summed E-state index contributed by atoms with van der Waals surface area (Å²) in [6.07, 6.45) is -0.464. The molecule has 22 heavy (non-hydrogen) atoms. The largest absolute Gasteiger partial charge is 0.444 e. The van der Waals surface area contributed by atoms with Crippen molar-refractivity contribution in [3.05, 3.63) is 27.1 Å². The molecule has 0 aliphatic heterocycles. The van der Waals surface area contributed by atoms with Crippen LogP contribution >= 0.6 is 11.3 Å². The summed E-state index contributed by atoms with van der Waals surface area (Å²) < 4.78 is 5.17. The monoisotopic (exact) mass is 329 g/mol. The summed E-state index contributed by atoms with van der Waals surface area (Å²) in [5, 5.41) is 16.7. The van der Waals surface area contributed by atoms with Gasteiger partial charge in [-0.3, -0.25) is 10.1 Å². The van der Waals surface area contributed by atoms with E-state index in [4.69, 9.17) is 4.74 Å². The Morgan fingerprint density at radius 2 is 1.95 bits per heavy atom. The lowest BCUT2D eigenvalue weighted by Crippen LogP contribution is -2.49. The predicted octanol–water partition coefficient (Wildman–Crippen LogP) is 3.05. The van der Waals surface area contributed by atoms with Gasteiger partial charge in [0.05, 0.1) is 4.92 Å². The fraction of sp³-hybridized carbons (Fsp3) is 0.643. The number of rotatable bonds is 6. The average Bonchev–Trinajstić information content (AvgIpc) is 2.81. The van der Waals surface area contributed by atoms with E-state index >= 15 is 0 Å². The maximum absolute atomic E-state index is 11.6. The Balaban J connectivity index is 2.43. The zero-order valence-corrected chi connectivity index (χ0v) is 14.4. The van der Waals surface area contributed by atoms with E-state index in [0.29, 0.717) is 13.1 Å². The van der Waals surface area contributed by atoms with Crippen LogP contribution in [0.1, 0.15) is 39.5 Å². The number of nitrogens with one attached hydrogen (secondary N) is 2. The third-order valence-electron chi connectivity index (χ3n) is 2.64. The van der Waals surface area contributed by atoms with E-state index in [1.54, 1.807) is 26.8 Å². The summed E-state index contributed by atoms with van der Waals surface area (Å²) in [6.45, 7) is 10.2. The molecular weight excluding hydrogens is 306 g/mol. The molecule has 0 bridgehead atoms. The fourth-order valence-corrected chi connectivity index (χ4v) is 2.32. The highest BCUT2D eigenvalue weighted by Crippen LogP contribution is 2.24. The van der Waals surface area contributed by atoms with Gasteiger partial charge in [-0.25, -0.2) is 4.79 Å². The highest BCUT2D eigenvalue weighted by Gasteiger charge is 2.21. The molecule has 0 aliphatic rings. The lowest BCUT2D eigenvalue weighted by Gasteiger charge is -2.27. The van der Waals surface area contributed by atoms with Crippen LogP contribution in [-0.2, 0) is 11.3 Å². The third kappa shape index (κ3) is 6.86. The number of hydrogen-bond donors (Lipinski definition) is 2. The molecule has 0 unspecified atom stereocenters. The van der Waals surface area contributed by atoms with Crippen LogP contribution in [0, 0.1) is 10.1 Å². The Morgan fingerprint density at radius 1 is 1.32 bits per heavy atom. The summed E-state index contributed by atoms with van der Waals surface area (Å²) in [6, 6.07) is 3.22. The van der Waals surface area contributed by atoms with Crippen molar-refractivity contribution in [3.8, 4) is 0 Å². The summed E-state index contributed by atoms with van der Waals surface area (Å²) in [5.41, 5.74) is -0.896. The minimum atomic E-state index is -0.530. The molecule has 124 valence electrons. The number of carbonyl (C=O) groups excluding carboxylic acids is 1. The first-order valence-corrected chi connectivity index (χ1v) is 7.75. The van der Waals surface area contributed by atoms with E-state index in [1.165, 1.54) is 6.07 Å². The Morgan fingerprint density at radius 3 is 2.45 bits per heavy atom.